The summed E-state index contributed by atoms with van der Waals surface area (Å²) < 4.78 is 10.4. The van der Waals surface area contributed by atoms with E-state index in [1.54, 1.807) is 12.1 Å². The van der Waals surface area contributed by atoms with Crippen LogP contribution in [0.1, 0.15) is 28.4 Å². The number of benzene rings is 1. The Morgan fingerprint density at radius 2 is 1.85 bits per heavy atom. The summed E-state index contributed by atoms with van der Waals surface area (Å²) in [5, 5.41) is 2.67. The number of carbonyl (C=O) groups excluding carboxylic acids is 3. The molecular weight excluding hydrogens is 386 g/mol. The van der Waals surface area contributed by atoms with Crippen molar-refractivity contribution in [3.63, 3.8) is 0 Å². The highest BCUT2D eigenvalue weighted by atomic mass is 32.2. The lowest BCUT2D eigenvalue weighted by Gasteiger charge is -2.05. The number of hydrogen-bond acceptors (Lipinski definition) is 7. The van der Waals surface area contributed by atoms with Crippen LogP contribution in [0.25, 0.3) is 0 Å². The monoisotopic (exact) mass is 407 g/mol. The van der Waals surface area contributed by atoms with Gasteiger partial charge in [-0.25, -0.2) is 0 Å². The summed E-state index contributed by atoms with van der Waals surface area (Å²) in [5.41, 5.74) is 0. The van der Waals surface area contributed by atoms with Crippen molar-refractivity contribution in [2.45, 2.75) is 25.3 Å². The number of esters is 1. The lowest BCUT2D eigenvalue weighted by atomic mass is 10.3. The molecule has 1 N–H and O–H groups in total. The van der Waals surface area contributed by atoms with Gasteiger partial charge in [0, 0.05) is 16.7 Å². The molecule has 0 aliphatic rings. The van der Waals surface area contributed by atoms with E-state index in [1.165, 1.54) is 30.0 Å². The van der Waals surface area contributed by atoms with Crippen molar-refractivity contribution in [2.75, 3.05) is 19.0 Å². The van der Waals surface area contributed by atoms with E-state index >= 15 is 0 Å². The van der Waals surface area contributed by atoms with Crippen molar-refractivity contribution in [1.82, 2.24) is 5.32 Å². The third-order valence-corrected chi connectivity index (χ3v) is 5.42. The van der Waals surface area contributed by atoms with Gasteiger partial charge in [0.1, 0.15) is 5.75 Å². The Labute approximate surface area is 166 Å². The average Bonchev–Trinajstić information content (AvgIpc) is 3.13. The van der Waals surface area contributed by atoms with Crippen molar-refractivity contribution in [3.8, 4) is 5.75 Å². The summed E-state index contributed by atoms with van der Waals surface area (Å²) in [6, 6.07) is 10.9. The van der Waals surface area contributed by atoms with Crippen molar-refractivity contribution in [3.05, 3.63) is 46.2 Å². The van der Waals surface area contributed by atoms with E-state index in [4.69, 9.17) is 9.47 Å². The minimum Gasteiger partial charge on any atom is -0.494 e. The topological polar surface area (TPSA) is 81.7 Å². The number of carbonyl (C=O) groups is 3. The smallest absolute Gasteiger partial charge is 0.316 e. The number of amides is 1. The largest absolute Gasteiger partial charge is 0.494 e. The quantitative estimate of drug-likeness (QED) is 0.370. The van der Waals surface area contributed by atoms with E-state index < -0.39 is 5.97 Å². The number of rotatable bonds is 10. The summed E-state index contributed by atoms with van der Waals surface area (Å²) in [6.07, 6.45) is 0. The number of thiophene rings is 1. The summed E-state index contributed by atoms with van der Waals surface area (Å²) in [4.78, 5) is 37.1. The Bertz CT molecular complexity index is 786. The Morgan fingerprint density at radius 1 is 1.11 bits per heavy atom. The predicted molar refractivity (Wildman–Crippen MR) is 105 cm³/mol. The normalized spacial score (nSPS) is 10.3. The fourth-order valence-electron chi connectivity index (χ4n) is 2.03. The van der Waals surface area contributed by atoms with Crippen molar-refractivity contribution < 1.29 is 23.9 Å². The second-order valence-corrected chi connectivity index (χ2v) is 7.67. The summed E-state index contributed by atoms with van der Waals surface area (Å²) in [5.74, 6) is 0.0734. The van der Waals surface area contributed by atoms with Crippen LogP contribution in [-0.2, 0) is 20.9 Å². The lowest BCUT2D eigenvalue weighted by Crippen LogP contribution is -2.18. The number of hydrogen-bond donors (Lipinski definition) is 1. The standard InChI is InChI=1S/C19H21NO5S2/c1-3-24-14-4-6-15(7-5-14)26-12-19(23)25-11-17(22)18-9-8-16(27-18)10-20-13(2)21/h4-9H,3,10-12H2,1-2H3,(H,20,21). The number of nitrogens with one attached hydrogen (secondary N) is 1. The van der Waals surface area contributed by atoms with E-state index in [9.17, 15) is 14.4 Å². The van der Waals surface area contributed by atoms with Crippen LogP contribution in [0.2, 0.25) is 0 Å². The first-order valence-electron chi connectivity index (χ1n) is 8.35. The molecule has 1 aromatic carbocycles. The molecule has 0 aliphatic carbocycles. The van der Waals surface area contributed by atoms with Gasteiger partial charge < -0.3 is 14.8 Å². The first kappa shape index (κ1) is 21.0. The second-order valence-electron chi connectivity index (χ2n) is 5.45. The van der Waals surface area contributed by atoms with Gasteiger partial charge in [-0.05, 0) is 43.3 Å². The number of ether oxygens (including phenoxy) is 2. The van der Waals surface area contributed by atoms with Crippen LogP contribution in [0.15, 0.2) is 41.3 Å². The minimum absolute atomic E-state index is 0.124. The zero-order valence-corrected chi connectivity index (χ0v) is 16.8. The third-order valence-electron chi connectivity index (χ3n) is 3.30. The lowest BCUT2D eigenvalue weighted by molar-refractivity contribution is -0.139. The summed E-state index contributed by atoms with van der Waals surface area (Å²) >= 11 is 2.61. The molecular formula is C19H21NO5S2. The van der Waals surface area contributed by atoms with Crippen molar-refractivity contribution in [1.29, 1.82) is 0 Å². The molecule has 0 radical (unpaired) electrons. The molecule has 0 saturated heterocycles. The average molecular weight is 408 g/mol. The third kappa shape index (κ3) is 7.44. The number of Topliss-reactive ketones (excluding diaryl/α,β-unsaturated/α-hetero) is 1. The summed E-state index contributed by atoms with van der Waals surface area (Å²) in [7, 11) is 0. The number of thioether (sulfide) groups is 1. The van der Waals surface area contributed by atoms with Crippen LogP contribution in [0.4, 0.5) is 0 Å². The highest BCUT2D eigenvalue weighted by Crippen LogP contribution is 2.22. The van der Waals surface area contributed by atoms with Gasteiger partial charge in [-0.2, -0.15) is 0 Å². The fourth-order valence-corrected chi connectivity index (χ4v) is 3.60. The van der Waals surface area contributed by atoms with Gasteiger partial charge in [-0.15, -0.1) is 23.1 Å². The first-order valence-corrected chi connectivity index (χ1v) is 10.2. The van der Waals surface area contributed by atoms with E-state index in [0.717, 1.165) is 15.5 Å². The number of ketones is 1. The van der Waals surface area contributed by atoms with Crippen LogP contribution in [-0.4, -0.2) is 36.6 Å². The first-order chi connectivity index (χ1) is 13.0. The maximum atomic E-state index is 12.1. The molecule has 0 fully saturated rings. The van der Waals surface area contributed by atoms with Crippen LogP contribution >= 0.6 is 23.1 Å². The molecule has 0 atom stereocenters. The van der Waals surface area contributed by atoms with E-state index in [2.05, 4.69) is 5.32 Å². The molecule has 2 aromatic rings. The SMILES string of the molecule is CCOc1ccc(SCC(=O)OCC(=O)c2ccc(CNC(C)=O)s2)cc1. The maximum absolute atomic E-state index is 12.1. The van der Waals surface area contributed by atoms with Gasteiger partial charge >= 0.3 is 5.97 Å². The van der Waals surface area contributed by atoms with E-state index in [0.29, 0.717) is 18.0 Å². The van der Waals surface area contributed by atoms with E-state index in [1.807, 2.05) is 31.2 Å². The van der Waals surface area contributed by atoms with Crippen LogP contribution < -0.4 is 10.1 Å². The van der Waals surface area contributed by atoms with Crippen LogP contribution in [0.5, 0.6) is 5.75 Å². The Kier molecular flexibility index (Phi) is 8.35. The van der Waals surface area contributed by atoms with Crippen molar-refractivity contribution in [2.24, 2.45) is 0 Å². The Hall–Kier alpha value is -2.32. The van der Waals surface area contributed by atoms with Crippen molar-refractivity contribution >= 4 is 40.8 Å². The molecule has 144 valence electrons. The summed E-state index contributed by atoms with van der Waals surface area (Å²) in [6.45, 7) is 4.05. The molecule has 0 bridgehead atoms. The fraction of sp³-hybridized carbons (Fsp3) is 0.316. The molecule has 2 rings (SSSR count). The highest BCUT2D eigenvalue weighted by Gasteiger charge is 2.13. The maximum Gasteiger partial charge on any atom is 0.316 e. The molecule has 8 heteroatoms. The Morgan fingerprint density at radius 3 is 2.52 bits per heavy atom. The molecule has 0 saturated carbocycles. The highest BCUT2D eigenvalue weighted by molar-refractivity contribution is 8.00. The molecule has 1 heterocycles. The van der Waals surface area contributed by atoms with Gasteiger partial charge in [0.05, 0.1) is 23.8 Å². The van der Waals surface area contributed by atoms with Gasteiger partial charge in [0.25, 0.3) is 0 Å². The molecule has 6 nitrogen and oxygen atoms in total. The van der Waals surface area contributed by atoms with E-state index in [-0.39, 0.29) is 24.1 Å². The van der Waals surface area contributed by atoms with Crippen LogP contribution in [0, 0.1) is 0 Å². The molecule has 0 unspecified atom stereocenters. The van der Waals surface area contributed by atoms with Gasteiger partial charge in [-0.3, -0.25) is 14.4 Å². The zero-order valence-electron chi connectivity index (χ0n) is 15.2. The molecule has 1 amide bonds. The molecule has 27 heavy (non-hydrogen) atoms. The van der Waals surface area contributed by atoms with Gasteiger partial charge in [0.2, 0.25) is 11.7 Å². The Balaban J connectivity index is 1.73. The van der Waals surface area contributed by atoms with Crippen LogP contribution in [0.3, 0.4) is 0 Å². The second kappa shape index (κ2) is 10.7. The molecule has 0 spiro atoms. The molecule has 0 aliphatic heterocycles. The molecule has 1 aromatic heterocycles. The van der Waals surface area contributed by atoms with Gasteiger partial charge in [-0.1, -0.05) is 0 Å². The predicted octanol–water partition coefficient (Wildman–Crippen LogP) is 3.30. The minimum atomic E-state index is -0.447. The van der Waals surface area contributed by atoms with Gasteiger partial charge in [0.15, 0.2) is 6.61 Å². The zero-order chi connectivity index (χ0) is 19.6.